The highest BCUT2D eigenvalue weighted by molar-refractivity contribution is 5.80. The van der Waals surface area contributed by atoms with Gasteiger partial charge in [-0.25, -0.2) is 0 Å². The second-order valence-corrected chi connectivity index (χ2v) is 5.46. The lowest BCUT2D eigenvalue weighted by Crippen LogP contribution is -2.29. The van der Waals surface area contributed by atoms with Gasteiger partial charge in [0.05, 0.1) is 0 Å². The topological polar surface area (TPSA) is 79.9 Å². The average molecular weight is 241 g/mol. The quantitative estimate of drug-likeness (QED) is 0.203. The summed E-state index contributed by atoms with van der Waals surface area (Å²) >= 11 is 0. The zero-order chi connectivity index (χ0) is 12.1. The Hall–Kier alpha value is -0.810. The second kappa shape index (κ2) is 5.69. The van der Waals surface area contributed by atoms with Crippen LogP contribution in [0.1, 0.15) is 32.1 Å². The summed E-state index contributed by atoms with van der Waals surface area (Å²) in [6, 6.07) is 0. The highest BCUT2D eigenvalue weighted by Crippen LogP contribution is 2.48. The number of hydrogen-bond donors (Lipinski definition) is 3. The van der Waals surface area contributed by atoms with Gasteiger partial charge in [0.2, 0.25) is 0 Å². The van der Waals surface area contributed by atoms with E-state index in [-0.39, 0.29) is 5.41 Å². The van der Waals surface area contributed by atoms with E-state index in [0.29, 0.717) is 12.3 Å². The fraction of sp³-hybridized carbons (Fsp3) is 0.917. The fourth-order valence-electron chi connectivity index (χ4n) is 2.48. The van der Waals surface area contributed by atoms with Gasteiger partial charge in [0.25, 0.3) is 0 Å². The Morgan fingerprint density at radius 1 is 1.53 bits per heavy atom. The van der Waals surface area contributed by atoms with Crippen LogP contribution in [0, 0.1) is 11.3 Å². The van der Waals surface area contributed by atoms with Crippen LogP contribution in [0.15, 0.2) is 5.16 Å². The van der Waals surface area contributed by atoms with E-state index in [9.17, 15) is 0 Å². The third-order valence-electron chi connectivity index (χ3n) is 3.90. The van der Waals surface area contributed by atoms with Crippen molar-refractivity contribution in [3.05, 3.63) is 0 Å². The van der Waals surface area contributed by atoms with E-state index >= 15 is 0 Å². The van der Waals surface area contributed by atoms with Crippen LogP contribution in [0.4, 0.5) is 0 Å². The summed E-state index contributed by atoms with van der Waals surface area (Å²) in [6.45, 7) is 3.89. The van der Waals surface area contributed by atoms with E-state index in [4.69, 9.17) is 15.7 Å². The first kappa shape index (κ1) is 12.6. The third-order valence-corrected chi connectivity index (χ3v) is 3.90. The predicted octanol–water partition coefficient (Wildman–Crippen LogP) is 0.919. The Bertz CT molecular complexity index is 271. The second-order valence-electron chi connectivity index (χ2n) is 5.46. The molecule has 0 aromatic rings. The molecule has 0 spiro atoms. The van der Waals surface area contributed by atoms with Gasteiger partial charge >= 0.3 is 0 Å². The van der Waals surface area contributed by atoms with Crippen molar-refractivity contribution in [2.24, 2.45) is 22.2 Å². The predicted molar refractivity (Wildman–Crippen MR) is 66.1 cm³/mol. The van der Waals surface area contributed by atoms with Crippen LogP contribution in [0.25, 0.3) is 0 Å². The van der Waals surface area contributed by atoms with E-state index in [0.717, 1.165) is 32.2 Å². The molecule has 0 bridgehead atoms. The normalized spacial score (nSPS) is 27.3. The molecule has 2 fully saturated rings. The molecule has 2 rings (SSSR count). The van der Waals surface area contributed by atoms with Crippen molar-refractivity contribution in [3.63, 3.8) is 0 Å². The van der Waals surface area contributed by atoms with Gasteiger partial charge in [0.15, 0.2) is 0 Å². The lowest BCUT2D eigenvalue weighted by atomic mass is 10.0. The largest absolute Gasteiger partial charge is 0.409 e. The smallest absolute Gasteiger partial charge is 0.139 e. The van der Waals surface area contributed by atoms with Crippen molar-refractivity contribution in [1.82, 2.24) is 5.32 Å². The molecule has 2 aliphatic rings. The van der Waals surface area contributed by atoms with Crippen LogP contribution in [0.5, 0.6) is 0 Å². The van der Waals surface area contributed by atoms with Crippen LogP contribution in [-0.2, 0) is 4.74 Å². The molecule has 1 unspecified atom stereocenters. The maximum Gasteiger partial charge on any atom is 0.139 e. The standard InChI is InChI=1S/C12H23N3O2/c13-11(15-16)7-12(3-4-12)9-14-5-1-10-2-6-17-8-10/h10,14,16H,1-9H2,(H2,13,15). The minimum Gasteiger partial charge on any atom is -0.409 e. The van der Waals surface area contributed by atoms with Gasteiger partial charge in [-0.2, -0.15) is 0 Å². The van der Waals surface area contributed by atoms with Crippen LogP contribution in [0.2, 0.25) is 0 Å². The van der Waals surface area contributed by atoms with E-state index < -0.39 is 0 Å². The molecule has 0 radical (unpaired) electrons. The maximum absolute atomic E-state index is 8.57. The summed E-state index contributed by atoms with van der Waals surface area (Å²) in [5.41, 5.74) is 5.82. The lowest BCUT2D eigenvalue weighted by Gasteiger charge is -2.16. The molecule has 5 nitrogen and oxygen atoms in total. The van der Waals surface area contributed by atoms with Crippen LogP contribution in [0.3, 0.4) is 0 Å². The number of ether oxygens (including phenoxy) is 1. The molecule has 1 saturated carbocycles. The van der Waals surface area contributed by atoms with E-state index in [1.54, 1.807) is 0 Å². The highest BCUT2D eigenvalue weighted by Gasteiger charge is 2.42. The first-order valence-corrected chi connectivity index (χ1v) is 6.49. The molecule has 1 heterocycles. The lowest BCUT2D eigenvalue weighted by molar-refractivity contribution is 0.184. The minimum absolute atomic E-state index is 0.266. The molecule has 0 amide bonds. The molecular weight excluding hydrogens is 218 g/mol. The Morgan fingerprint density at radius 2 is 2.35 bits per heavy atom. The fourth-order valence-corrected chi connectivity index (χ4v) is 2.48. The van der Waals surface area contributed by atoms with Crippen molar-refractivity contribution in [1.29, 1.82) is 0 Å². The number of rotatable bonds is 7. The molecule has 98 valence electrons. The summed E-state index contributed by atoms with van der Waals surface area (Å²) in [7, 11) is 0. The molecule has 1 atom stereocenters. The third kappa shape index (κ3) is 3.85. The number of nitrogens with one attached hydrogen (secondary N) is 1. The van der Waals surface area contributed by atoms with Crippen LogP contribution >= 0.6 is 0 Å². The van der Waals surface area contributed by atoms with Crippen LogP contribution in [-0.4, -0.2) is 37.3 Å². The van der Waals surface area contributed by atoms with E-state index in [1.165, 1.54) is 25.7 Å². The van der Waals surface area contributed by atoms with E-state index in [1.807, 2.05) is 0 Å². The molecule has 0 aromatic carbocycles. The zero-order valence-electron chi connectivity index (χ0n) is 10.3. The molecule has 5 heteroatoms. The molecule has 4 N–H and O–H groups in total. The SMILES string of the molecule is NC(CC1(CNCCC2CCOC2)CC1)=NO. The summed E-state index contributed by atoms with van der Waals surface area (Å²) in [6.07, 6.45) is 5.48. The summed E-state index contributed by atoms with van der Waals surface area (Å²) in [5, 5.41) is 15.1. The summed E-state index contributed by atoms with van der Waals surface area (Å²) < 4.78 is 5.35. The van der Waals surface area contributed by atoms with Gasteiger partial charge in [-0.3, -0.25) is 0 Å². The Labute approximate surface area is 102 Å². The summed E-state index contributed by atoms with van der Waals surface area (Å²) in [4.78, 5) is 0. The van der Waals surface area contributed by atoms with Crippen molar-refractivity contribution in [3.8, 4) is 0 Å². The molecular formula is C12H23N3O2. The van der Waals surface area contributed by atoms with Gasteiger partial charge in [0.1, 0.15) is 5.84 Å². The number of hydrogen-bond acceptors (Lipinski definition) is 4. The first-order chi connectivity index (χ1) is 8.24. The van der Waals surface area contributed by atoms with Gasteiger partial charge in [-0.1, -0.05) is 5.16 Å². The van der Waals surface area contributed by atoms with E-state index in [2.05, 4.69) is 10.5 Å². The molecule has 0 aromatic heterocycles. The zero-order valence-corrected chi connectivity index (χ0v) is 10.3. The first-order valence-electron chi connectivity index (χ1n) is 6.49. The maximum atomic E-state index is 8.57. The van der Waals surface area contributed by atoms with Gasteiger partial charge in [0, 0.05) is 26.2 Å². The van der Waals surface area contributed by atoms with Crippen molar-refractivity contribution < 1.29 is 9.94 Å². The number of nitrogens with zero attached hydrogens (tertiary/aromatic N) is 1. The van der Waals surface area contributed by atoms with Crippen molar-refractivity contribution >= 4 is 5.84 Å². The average Bonchev–Trinajstić information content (AvgIpc) is 2.89. The van der Waals surface area contributed by atoms with Gasteiger partial charge < -0.3 is 21.0 Å². The molecule has 1 aliphatic heterocycles. The molecule has 1 aliphatic carbocycles. The molecule has 17 heavy (non-hydrogen) atoms. The highest BCUT2D eigenvalue weighted by atomic mass is 16.5. The Morgan fingerprint density at radius 3 is 2.94 bits per heavy atom. The van der Waals surface area contributed by atoms with Crippen molar-refractivity contribution in [2.45, 2.75) is 32.1 Å². The molecule has 1 saturated heterocycles. The Kier molecular flexibility index (Phi) is 4.23. The van der Waals surface area contributed by atoms with Gasteiger partial charge in [-0.05, 0) is 43.6 Å². The number of amidine groups is 1. The summed E-state index contributed by atoms with van der Waals surface area (Å²) in [5.74, 6) is 1.09. The number of nitrogens with two attached hydrogens (primary N) is 1. The van der Waals surface area contributed by atoms with Crippen LogP contribution < -0.4 is 11.1 Å². The Balaban J connectivity index is 1.58. The number of oxime groups is 1. The monoisotopic (exact) mass is 241 g/mol. The van der Waals surface area contributed by atoms with Gasteiger partial charge in [-0.15, -0.1) is 0 Å². The van der Waals surface area contributed by atoms with Crippen molar-refractivity contribution in [2.75, 3.05) is 26.3 Å². The minimum atomic E-state index is 0.266.